The van der Waals surface area contributed by atoms with Gasteiger partial charge in [-0.25, -0.2) is 0 Å². The van der Waals surface area contributed by atoms with Crippen LogP contribution in [-0.4, -0.2) is 4.57 Å². The second kappa shape index (κ2) is 11.6. The fourth-order valence-electron chi connectivity index (χ4n) is 9.39. The number of aromatic nitrogens is 1. The number of hydrogen-bond acceptors (Lipinski definition) is 0. The standard InChI is InChI=1S/C51H32BrN/c52-46-26-14-12-23-41(46)43-32-48-50(42-24-10-9-21-38(42)43)49-37-20-8-7-15-33(37)27-30-47(49)53(48)36-28-29-40-39-22-11-13-25-44(39)51(45(40)31-36,34-16-3-1-4-17-34)35-18-5-2-6-19-35/h1-32H. The van der Waals surface area contributed by atoms with Crippen LogP contribution in [0.1, 0.15) is 22.3 Å². The zero-order valence-electron chi connectivity index (χ0n) is 28.8. The minimum atomic E-state index is -0.483. The van der Waals surface area contributed by atoms with Crippen molar-refractivity contribution in [1.82, 2.24) is 4.57 Å². The van der Waals surface area contributed by atoms with Crippen LogP contribution in [0.5, 0.6) is 0 Å². The van der Waals surface area contributed by atoms with E-state index in [1.54, 1.807) is 0 Å². The molecule has 0 saturated carbocycles. The predicted molar refractivity (Wildman–Crippen MR) is 226 cm³/mol. The Hall–Kier alpha value is -6.22. The number of nitrogens with zero attached hydrogens (tertiary/aromatic N) is 1. The summed E-state index contributed by atoms with van der Waals surface area (Å²) in [5, 5.41) is 7.58. The lowest BCUT2D eigenvalue weighted by atomic mass is 9.67. The highest BCUT2D eigenvalue weighted by Gasteiger charge is 2.46. The number of hydrogen-bond donors (Lipinski definition) is 0. The van der Waals surface area contributed by atoms with E-state index in [0.717, 1.165) is 10.2 Å². The summed E-state index contributed by atoms with van der Waals surface area (Å²) >= 11 is 3.91. The molecular formula is C51H32BrN. The molecule has 248 valence electrons. The number of halogens is 1. The Bertz CT molecular complexity index is 3020. The van der Waals surface area contributed by atoms with Crippen LogP contribution in [-0.2, 0) is 5.41 Å². The summed E-state index contributed by atoms with van der Waals surface area (Å²) in [5.41, 5.74) is 13.2. The summed E-state index contributed by atoms with van der Waals surface area (Å²) in [6, 6.07) is 71.7. The maximum absolute atomic E-state index is 3.91. The van der Waals surface area contributed by atoms with Crippen molar-refractivity contribution >= 4 is 59.3 Å². The van der Waals surface area contributed by atoms with Gasteiger partial charge in [-0.15, -0.1) is 0 Å². The Kier molecular flexibility index (Phi) is 6.68. The molecule has 1 nitrogen and oxygen atoms in total. The molecule has 9 aromatic carbocycles. The molecule has 0 spiro atoms. The van der Waals surface area contributed by atoms with Crippen molar-refractivity contribution in [2.24, 2.45) is 0 Å². The zero-order valence-corrected chi connectivity index (χ0v) is 30.4. The number of rotatable bonds is 4. The van der Waals surface area contributed by atoms with Crippen molar-refractivity contribution in [2.75, 3.05) is 0 Å². The van der Waals surface area contributed by atoms with Crippen LogP contribution in [0.15, 0.2) is 199 Å². The van der Waals surface area contributed by atoms with Crippen LogP contribution in [0.25, 0.3) is 71.3 Å². The molecule has 1 aliphatic rings. The average Bonchev–Trinajstić information content (AvgIpc) is 3.72. The molecule has 11 rings (SSSR count). The van der Waals surface area contributed by atoms with Gasteiger partial charge in [0.05, 0.1) is 16.4 Å². The van der Waals surface area contributed by atoms with Gasteiger partial charge in [0.25, 0.3) is 0 Å². The summed E-state index contributed by atoms with van der Waals surface area (Å²) in [6.07, 6.45) is 0. The first-order valence-corrected chi connectivity index (χ1v) is 19.0. The first-order valence-electron chi connectivity index (χ1n) is 18.2. The van der Waals surface area contributed by atoms with Crippen molar-refractivity contribution in [3.8, 4) is 27.9 Å². The van der Waals surface area contributed by atoms with E-state index in [9.17, 15) is 0 Å². The topological polar surface area (TPSA) is 4.93 Å². The predicted octanol–water partition coefficient (Wildman–Crippen LogP) is 13.9. The highest BCUT2D eigenvalue weighted by atomic mass is 79.9. The summed E-state index contributed by atoms with van der Waals surface area (Å²) in [7, 11) is 0. The third-order valence-corrected chi connectivity index (χ3v) is 12.2. The molecule has 10 aromatic rings. The Morgan fingerprint density at radius 2 is 0.962 bits per heavy atom. The van der Waals surface area contributed by atoms with Crippen molar-refractivity contribution in [3.05, 3.63) is 221 Å². The van der Waals surface area contributed by atoms with Gasteiger partial charge >= 0.3 is 0 Å². The number of fused-ring (bicyclic) bond motifs is 10. The summed E-state index contributed by atoms with van der Waals surface area (Å²) < 4.78 is 3.61. The quantitative estimate of drug-likeness (QED) is 0.169. The lowest BCUT2D eigenvalue weighted by molar-refractivity contribution is 0.767. The lowest BCUT2D eigenvalue weighted by Crippen LogP contribution is -2.28. The first kappa shape index (κ1) is 30.4. The summed E-state index contributed by atoms with van der Waals surface area (Å²) in [4.78, 5) is 0. The molecule has 0 N–H and O–H groups in total. The van der Waals surface area contributed by atoms with E-state index < -0.39 is 5.41 Å². The van der Waals surface area contributed by atoms with Crippen molar-refractivity contribution in [1.29, 1.82) is 0 Å². The van der Waals surface area contributed by atoms with Gasteiger partial charge in [-0.1, -0.05) is 180 Å². The maximum Gasteiger partial charge on any atom is 0.0714 e. The highest BCUT2D eigenvalue weighted by molar-refractivity contribution is 9.10. The average molecular weight is 739 g/mol. The fraction of sp³-hybridized carbons (Fsp3) is 0.0196. The minimum Gasteiger partial charge on any atom is -0.309 e. The zero-order chi connectivity index (χ0) is 35.1. The largest absolute Gasteiger partial charge is 0.309 e. The van der Waals surface area contributed by atoms with E-state index in [1.807, 2.05) is 0 Å². The van der Waals surface area contributed by atoms with E-state index in [4.69, 9.17) is 0 Å². The maximum atomic E-state index is 3.91. The molecule has 1 aliphatic carbocycles. The van der Waals surface area contributed by atoms with E-state index in [-0.39, 0.29) is 0 Å². The SMILES string of the molecule is Brc1ccccc1-c1cc2c(c3ccccc13)c1c3ccccc3ccc1n2-c1ccc2c(c1)C(c1ccccc1)(c1ccccc1)c1ccccc1-2. The van der Waals surface area contributed by atoms with Crippen LogP contribution in [0, 0.1) is 0 Å². The Labute approximate surface area is 316 Å². The van der Waals surface area contributed by atoms with Gasteiger partial charge < -0.3 is 4.57 Å². The van der Waals surface area contributed by atoms with Crippen molar-refractivity contribution in [2.45, 2.75) is 5.41 Å². The second-order valence-corrected chi connectivity index (χ2v) is 15.0. The van der Waals surface area contributed by atoms with E-state index in [0.29, 0.717) is 0 Å². The van der Waals surface area contributed by atoms with Crippen LogP contribution < -0.4 is 0 Å². The normalized spacial score (nSPS) is 13.2. The van der Waals surface area contributed by atoms with Gasteiger partial charge in [-0.3, -0.25) is 0 Å². The molecule has 0 atom stereocenters. The van der Waals surface area contributed by atoms with Crippen molar-refractivity contribution < 1.29 is 0 Å². The molecule has 0 saturated heterocycles. The Balaban J connectivity index is 1.31. The minimum absolute atomic E-state index is 0.483. The molecular weight excluding hydrogens is 706 g/mol. The van der Waals surface area contributed by atoms with Gasteiger partial charge in [0.2, 0.25) is 0 Å². The monoisotopic (exact) mass is 737 g/mol. The first-order chi connectivity index (χ1) is 26.2. The lowest BCUT2D eigenvalue weighted by Gasteiger charge is -2.34. The third-order valence-electron chi connectivity index (χ3n) is 11.5. The molecule has 0 unspecified atom stereocenters. The summed E-state index contributed by atoms with van der Waals surface area (Å²) in [5.74, 6) is 0. The van der Waals surface area contributed by atoms with E-state index in [1.165, 1.54) is 87.9 Å². The van der Waals surface area contributed by atoms with Crippen LogP contribution in [0.3, 0.4) is 0 Å². The highest BCUT2D eigenvalue weighted by Crippen LogP contribution is 2.57. The van der Waals surface area contributed by atoms with Crippen molar-refractivity contribution in [3.63, 3.8) is 0 Å². The molecule has 0 fully saturated rings. The van der Waals surface area contributed by atoms with Gasteiger partial charge in [0, 0.05) is 20.9 Å². The van der Waals surface area contributed by atoms with E-state index in [2.05, 4.69) is 215 Å². The van der Waals surface area contributed by atoms with Gasteiger partial charge in [0.1, 0.15) is 0 Å². The van der Waals surface area contributed by atoms with Crippen LogP contribution >= 0.6 is 15.9 Å². The molecule has 1 heterocycles. The summed E-state index contributed by atoms with van der Waals surface area (Å²) in [6.45, 7) is 0. The number of benzene rings is 9. The Morgan fingerprint density at radius 3 is 1.72 bits per heavy atom. The van der Waals surface area contributed by atoms with Gasteiger partial charge in [-0.2, -0.15) is 0 Å². The van der Waals surface area contributed by atoms with Gasteiger partial charge in [-0.05, 0) is 96.4 Å². The molecule has 0 aliphatic heterocycles. The molecule has 0 amide bonds. The molecule has 0 radical (unpaired) electrons. The molecule has 1 aromatic heterocycles. The molecule has 53 heavy (non-hydrogen) atoms. The van der Waals surface area contributed by atoms with Crippen LogP contribution in [0.4, 0.5) is 0 Å². The molecule has 2 heteroatoms. The van der Waals surface area contributed by atoms with Crippen LogP contribution in [0.2, 0.25) is 0 Å². The second-order valence-electron chi connectivity index (χ2n) is 14.1. The molecule has 0 bridgehead atoms. The smallest absolute Gasteiger partial charge is 0.0714 e. The Morgan fingerprint density at radius 1 is 0.377 bits per heavy atom. The fourth-order valence-corrected chi connectivity index (χ4v) is 9.89. The van der Waals surface area contributed by atoms with Gasteiger partial charge in [0.15, 0.2) is 0 Å². The van der Waals surface area contributed by atoms with E-state index >= 15 is 0 Å². The third kappa shape index (κ3) is 4.24.